The summed E-state index contributed by atoms with van der Waals surface area (Å²) >= 11 is 0. The Balaban J connectivity index is 1.88. The van der Waals surface area contributed by atoms with Gasteiger partial charge in [-0.2, -0.15) is 0 Å². The number of unbranched alkanes of at least 4 members (excludes halogenated alkanes) is 1. The second kappa shape index (κ2) is 7.87. The molecule has 0 radical (unpaired) electrons. The van der Waals surface area contributed by atoms with Crippen LogP contribution in [0.5, 0.6) is 5.75 Å². The van der Waals surface area contributed by atoms with Crippen LogP contribution in [-0.2, 0) is 4.74 Å². The normalized spacial score (nSPS) is 18.0. The summed E-state index contributed by atoms with van der Waals surface area (Å²) in [6.07, 6.45) is 7.08. The van der Waals surface area contributed by atoms with Gasteiger partial charge in [0, 0.05) is 0 Å². The summed E-state index contributed by atoms with van der Waals surface area (Å²) < 4.78 is 10.1. The van der Waals surface area contributed by atoms with Gasteiger partial charge in [-0.3, -0.25) is 0 Å². The Morgan fingerprint density at radius 2 is 2.05 bits per heavy atom. The van der Waals surface area contributed by atoms with Crippen molar-refractivity contribution in [1.82, 2.24) is 0 Å². The van der Waals surface area contributed by atoms with E-state index < -0.39 is 6.16 Å². The minimum absolute atomic E-state index is 0.415. The molecule has 1 aromatic carbocycles. The third kappa shape index (κ3) is 4.92. The van der Waals surface area contributed by atoms with Crippen LogP contribution in [0.3, 0.4) is 0 Å². The molecule has 1 aromatic rings. The molecule has 0 N–H and O–H groups in total. The van der Waals surface area contributed by atoms with Crippen LogP contribution in [0.1, 0.15) is 51.5 Å². The second-order valence-corrected chi connectivity index (χ2v) is 5.69. The molecule has 0 spiro atoms. The van der Waals surface area contributed by atoms with Crippen molar-refractivity contribution in [2.24, 2.45) is 5.92 Å². The standard InChI is InChI=1S/C18H24O3/c1-3-4-13-20-18(19)21-17-11-9-16(10-12-17)15-7-5-14(2)6-8-15/h7,9-12,14H,3-6,8,13H2,1-2H3. The average molecular weight is 288 g/mol. The van der Waals surface area contributed by atoms with Crippen molar-refractivity contribution in [2.45, 2.75) is 46.0 Å². The van der Waals surface area contributed by atoms with Crippen LogP contribution < -0.4 is 4.74 Å². The topological polar surface area (TPSA) is 35.5 Å². The highest BCUT2D eigenvalue weighted by molar-refractivity contribution is 5.68. The molecule has 0 aliphatic heterocycles. The molecule has 1 aliphatic rings. The number of carbonyl (C=O) groups is 1. The van der Waals surface area contributed by atoms with Crippen LogP contribution in [-0.4, -0.2) is 12.8 Å². The Morgan fingerprint density at radius 1 is 1.29 bits per heavy atom. The van der Waals surface area contributed by atoms with Gasteiger partial charge >= 0.3 is 6.16 Å². The van der Waals surface area contributed by atoms with Crippen LogP contribution in [0.25, 0.3) is 5.57 Å². The second-order valence-electron chi connectivity index (χ2n) is 5.69. The molecule has 1 atom stereocenters. The number of carbonyl (C=O) groups excluding carboxylic acids is 1. The van der Waals surface area contributed by atoms with E-state index in [0.29, 0.717) is 12.4 Å². The summed E-state index contributed by atoms with van der Waals surface area (Å²) in [5.41, 5.74) is 2.61. The number of rotatable bonds is 5. The Labute approximate surface area is 127 Å². The van der Waals surface area contributed by atoms with Crippen molar-refractivity contribution in [2.75, 3.05) is 6.61 Å². The molecule has 3 heteroatoms. The van der Waals surface area contributed by atoms with E-state index in [1.807, 2.05) is 31.2 Å². The smallest absolute Gasteiger partial charge is 0.434 e. The van der Waals surface area contributed by atoms with E-state index in [-0.39, 0.29) is 0 Å². The van der Waals surface area contributed by atoms with Crippen molar-refractivity contribution in [3.05, 3.63) is 35.9 Å². The van der Waals surface area contributed by atoms with Crippen LogP contribution in [0.4, 0.5) is 4.79 Å². The van der Waals surface area contributed by atoms with Gasteiger partial charge in [0.2, 0.25) is 0 Å². The molecule has 0 saturated heterocycles. The molecule has 0 fully saturated rings. The maximum Gasteiger partial charge on any atom is 0.513 e. The first-order valence-electron chi connectivity index (χ1n) is 7.83. The fourth-order valence-corrected chi connectivity index (χ4v) is 2.39. The van der Waals surface area contributed by atoms with Gasteiger partial charge in [-0.25, -0.2) is 4.79 Å². The summed E-state index contributed by atoms with van der Waals surface area (Å²) in [7, 11) is 0. The maximum atomic E-state index is 11.5. The fraction of sp³-hybridized carbons (Fsp3) is 0.500. The van der Waals surface area contributed by atoms with E-state index in [9.17, 15) is 4.79 Å². The average Bonchev–Trinajstić information content (AvgIpc) is 2.49. The summed E-state index contributed by atoms with van der Waals surface area (Å²) in [5, 5.41) is 0. The zero-order valence-corrected chi connectivity index (χ0v) is 12.9. The van der Waals surface area contributed by atoms with E-state index in [1.165, 1.54) is 17.6 Å². The van der Waals surface area contributed by atoms with Gasteiger partial charge in [-0.15, -0.1) is 0 Å². The predicted octanol–water partition coefficient (Wildman–Crippen LogP) is 5.21. The molecule has 3 nitrogen and oxygen atoms in total. The minimum Gasteiger partial charge on any atom is -0.434 e. The van der Waals surface area contributed by atoms with Crippen LogP contribution >= 0.6 is 0 Å². The SMILES string of the molecule is CCCCOC(=O)Oc1ccc(C2=CCC(C)CC2)cc1. The van der Waals surface area contributed by atoms with E-state index >= 15 is 0 Å². The summed E-state index contributed by atoms with van der Waals surface area (Å²) in [4.78, 5) is 11.5. The number of allylic oxidation sites excluding steroid dienone is 2. The zero-order chi connectivity index (χ0) is 15.1. The summed E-state index contributed by atoms with van der Waals surface area (Å²) in [5.74, 6) is 1.32. The van der Waals surface area contributed by atoms with Crippen molar-refractivity contribution < 1.29 is 14.3 Å². The summed E-state index contributed by atoms with van der Waals surface area (Å²) in [6.45, 7) is 4.75. The highest BCUT2D eigenvalue weighted by Crippen LogP contribution is 2.30. The lowest BCUT2D eigenvalue weighted by Crippen LogP contribution is -2.11. The molecule has 0 aromatic heterocycles. The number of hydrogen-bond donors (Lipinski definition) is 0. The third-order valence-corrected chi connectivity index (χ3v) is 3.82. The Kier molecular flexibility index (Phi) is 5.85. The molecule has 0 bridgehead atoms. The van der Waals surface area contributed by atoms with Gasteiger partial charge < -0.3 is 9.47 Å². The Morgan fingerprint density at radius 3 is 2.67 bits per heavy atom. The van der Waals surface area contributed by atoms with Crippen molar-refractivity contribution in [3.63, 3.8) is 0 Å². The van der Waals surface area contributed by atoms with Crippen LogP contribution in [0.2, 0.25) is 0 Å². The number of hydrogen-bond acceptors (Lipinski definition) is 3. The van der Waals surface area contributed by atoms with E-state index in [0.717, 1.165) is 31.6 Å². The van der Waals surface area contributed by atoms with Gasteiger partial charge in [0.1, 0.15) is 5.75 Å². The first-order valence-corrected chi connectivity index (χ1v) is 7.83. The van der Waals surface area contributed by atoms with Crippen LogP contribution in [0, 0.1) is 5.92 Å². The Bertz CT molecular complexity index is 488. The van der Waals surface area contributed by atoms with E-state index in [2.05, 4.69) is 13.0 Å². The van der Waals surface area contributed by atoms with Crippen molar-refractivity contribution >= 4 is 11.7 Å². The molecule has 114 valence electrons. The molecule has 0 heterocycles. The highest BCUT2D eigenvalue weighted by Gasteiger charge is 2.12. The first-order chi connectivity index (χ1) is 10.2. The van der Waals surface area contributed by atoms with E-state index in [4.69, 9.17) is 9.47 Å². The number of ether oxygens (including phenoxy) is 2. The molecular weight excluding hydrogens is 264 g/mol. The molecule has 1 aliphatic carbocycles. The van der Waals surface area contributed by atoms with Crippen molar-refractivity contribution in [3.8, 4) is 5.75 Å². The van der Waals surface area contributed by atoms with Gasteiger partial charge in [0.05, 0.1) is 6.61 Å². The van der Waals surface area contributed by atoms with Crippen LogP contribution in [0.15, 0.2) is 30.3 Å². The highest BCUT2D eigenvalue weighted by atomic mass is 16.7. The molecule has 21 heavy (non-hydrogen) atoms. The Hall–Kier alpha value is -1.77. The largest absolute Gasteiger partial charge is 0.513 e. The third-order valence-electron chi connectivity index (χ3n) is 3.82. The lowest BCUT2D eigenvalue weighted by molar-refractivity contribution is 0.0978. The van der Waals surface area contributed by atoms with Gasteiger partial charge in [0.25, 0.3) is 0 Å². The van der Waals surface area contributed by atoms with Gasteiger partial charge in [0.15, 0.2) is 0 Å². The van der Waals surface area contributed by atoms with Gasteiger partial charge in [-0.05, 0) is 54.9 Å². The lowest BCUT2D eigenvalue weighted by Gasteiger charge is -2.18. The molecular formula is C18H24O3. The molecule has 2 rings (SSSR count). The first kappa shape index (κ1) is 15.6. The van der Waals surface area contributed by atoms with Crippen molar-refractivity contribution in [1.29, 1.82) is 0 Å². The minimum atomic E-state index is -0.623. The molecule has 0 amide bonds. The lowest BCUT2D eigenvalue weighted by atomic mass is 9.88. The summed E-state index contributed by atoms with van der Waals surface area (Å²) in [6, 6.07) is 7.68. The van der Waals surface area contributed by atoms with E-state index in [1.54, 1.807) is 0 Å². The molecule has 0 saturated carbocycles. The number of benzene rings is 1. The fourth-order valence-electron chi connectivity index (χ4n) is 2.39. The maximum absolute atomic E-state index is 11.5. The zero-order valence-electron chi connectivity index (χ0n) is 12.9. The quantitative estimate of drug-likeness (QED) is 0.424. The van der Waals surface area contributed by atoms with Gasteiger partial charge in [-0.1, -0.05) is 38.5 Å². The molecule has 1 unspecified atom stereocenters. The monoisotopic (exact) mass is 288 g/mol. The predicted molar refractivity (Wildman–Crippen MR) is 84.3 cm³/mol.